The number of alkyl halides is 2. The van der Waals surface area contributed by atoms with E-state index < -0.39 is 4.84 Å². The number of halogens is 3. The van der Waals surface area contributed by atoms with E-state index in [0.29, 0.717) is 0 Å². The van der Waals surface area contributed by atoms with Crippen molar-refractivity contribution in [1.29, 1.82) is 0 Å². The lowest BCUT2D eigenvalue weighted by atomic mass is 10.2. The fraction of sp³-hybridized carbons (Fsp3) is 0.286. The van der Waals surface area contributed by atoms with Crippen LogP contribution < -0.4 is 0 Å². The topological polar surface area (TPSA) is 12.9 Å². The van der Waals surface area contributed by atoms with Gasteiger partial charge < -0.3 is 0 Å². The summed E-state index contributed by atoms with van der Waals surface area (Å²) in [4.78, 5) is 3.45. The monoisotopic (exact) mass is 253 g/mol. The predicted molar refractivity (Wildman–Crippen MR) is 51.1 cm³/mol. The quantitative estimate of drug-likeness (QED) is 0.698. The highest BCUT2D eigenvalue weighted by Gasteiger charge is 2.08. The predicted octanol–water partition coefficient (Wildman–Crippen LogP) is 3.63. The molecule has 0 radical (unpaired) electrons. The first kappa shape index (κ1) is 9.30. The molecule has 0 unspecified atom stereocenters. The summed E-state index contributed by atoms with van der Waals surface area (Å²) in [6.45, 7) is 1.94. The number of hydrogen-bond acceptors (Lipinski definition) is 1. The lowest BCUT2D eigenvalue weighted by Crippen LogP contribution is -1.90. The SMILES string of the molecule is Cc1c(Br)cncc1C(Cl)Cl. The molecule has 0 saturated heterocycles. The molecule has 11 heavy (non-hydrogen) atoms. The van der Waals surface area contributed by atoms with Gasteiger partial charge in [-0.15, -0.1) is 0 Å². The van der Waals surface area contributed by atoms with E-state index in [1.807, 2.05) is 6.92 Å². The van der Waals surface area contributed by atoms with Gasteiger partial charge in [0.25, 0.3) is 0 Å². The van der Waals surface area contributed by atoms with Crippen LogP contribution in [0.4, 0.5) is 0 Å². The molecule has 0 aliphatic rings. The van der Waals surface area contributed by atoms with Gasteiger partial charge in [-0.2, -0.15) is 0 Å². The zero-order valence-electron chi connectivity index (χ0n) is 5.81. The van der Waals surface area contributed by atoms with E-state index in [1.165, 1.54) is 0 Å². The summed E-state index contributed by atoms with van der Waals surface area (Å²) in [6.07, 6.45) is 3.39. The average molecular weight is 255 g/mol. The van der Waals surface area contributed by atoms with Crippen LogP contribution in [0.5, 0.6) is 0 Å². The molecule has 0 atom stereocenters. The second-order valence-electron chi connectivity index (χ2n) is 2.14. The molecule has 0 N–H and O–H groups in total. The zero-order valence-corrected chi connectivity index (χ0v) is 8.91. The van der Waals surface area contributed by atoms with Gasteiger partial charge in [0.05, 0.1) is 0 Å². The van der Waals surface area contributed by atoms with Gasteiger partial charge in [0, 0.05) is 22.4 Å². The largest absolute Gasteiger partial charge is 0.263 e. The Balaban J connectivity index is 3.17. The van der Waals surface area contributed by atoms with Crippen molar-refractivity contribution in [2.24, 2.45) is 0 Å². The standard InChI is InChI=1S/C7H6BrCl2N/c1-4-5(7(9)10)2-11-3-6(4)8/h2-3,7H,1H3. The zero-order chi connectivity index (χ0) is 8.43. The van der Waals surface area contributed by atoms with Gasteiger partial charge in [0.2, 0.25) is 0 Å². The van der Waals surface area contributed by atoms with E-state index in [1.54, 1.807) is 12.4 Å². The highest BCUT2D eigenvalue weighted by molar-refractivity contribution is 9.10. The minimum Gasteiger partial charge on any atom is -0.263 e. The van der Waals surface area contributed by atoms with Crippen molar-refractivity contribution in [1.82, 2.24) is 4.98 Å². The molecule has 0 aromatic carbocycles. The number of hydrogen-bond donors (Lipinski definition) is 0. The summed E-state index contributed by atoms with van der Waals surface area (Å²) in [5.41, 5.74) is 1.89. The lowest BCUT2D eigenvalue weighted by Gasteiger charge is -2.05. The van der Waals surface area contributed by atoms with Gasteiger partial charge in [-0.25, -0.2) is 0 Å². The van der Waals surface area contributed by atoms with Crippen molar-refractivity contribution < 1.29 is 0 Å². The Morgan fingerprint density at radius 1 is 1.45 bits per heavy atom. The van der Waals surface area contributed by atoms with Crippen LogP contribution >= 0.6 is 39.1 Å². The molecule has 1 aromatic rings. The van der Waals surface area contributed by atoms with E-state index in [0.717, 1.165) is 15.6 Å². The molecule has 0 aliphatic heterocycles. The van der Waals surface area contributed by atoms with Crippen molar-refractivity contribution in [3.63, 3.8) is 0 Å². The molecule has 0 bridgehead atoms. The van der Waals surface area contributed by atoms with Gasteiger partial charge in [-0.1, -0.05) is 23.2 Å². The normalized spacial score (nSPS) is 10.6. The molecule has 1 aromatic heterocycles. The molecule has 0 amide bonds. The number of pyridine rings is 1. The average Bonchev–Trinajstić information content (AvgIpc) is 1.94. The van der Waals surface area contributed by atoms with Crippen molar-refractivity contribution >= 4 is 39.1 Å². The smallest absolute Gasteiger partial charge is 0.134 e. The van der Waals surface area contributed by atoms with Crippen molar-refractivity contribution in [2.75, 3.05) is 0 Å². The van der Waals surface area contributed by atoms with Crippen molar-refractivity contribution in [3.8, 4) is 0 Å². The van der Waals surface area contributed by atoms with Crippen molar-refractivity contribution in [3.05, 3.63) is 28.0 Å². The first-order chi connectivity index (χ1) is 5.13. The van der Waals surface area contributed by atoms with Gasteiger partial charge in [-0.3, -0.25) is 4.98 Å². The first-order valence-electron chi connectivity index (χ1n) is 3.01. The highest BCUT2D eigenvalue weighted by atomic mass is 79.9. The minimum atomic E-state index is -0.500. The lowest BCUT2D eigenvalue weighted by molar-refractivity contribution is 1.16. The molecule has 1 rings (SSSR count). The fourth-order valence-corrected chi connectivity index (χ4v) is 1.52. The molecule has 4 heteroatoms. The third-order valence-corrected chi connectivity index (χ3v) is 2.70. The van der Waals surface area contributed by atoms with E-state index in [-0.39, 0.29) is 0 Å². The summed E-state index contributed by atoms with van der Waals surface area (Å²) < 4.78 is 0.932. The Morgan fingerprint density at radius 2 is 2.09 bits per heavy atom. The van der Waals surface area contributed by atoms with E-state index >= 15 is 0 Å². The highest BCUT2D eigenvalue weighted by Crippen LogP contribution is 2.29. The Labute approximate surface area is 83.9 Å². The fourth-order valence-electron chi connectivity index (χ4n) is 0.735. The van der Waals surface area contributed by atoms with Crippen LogP contribution in [0.25, 0.3) is 0 Å². The van der Waals surface area contributed by atoms with Crippen LogP contribution in [-0.4, -0.2) is 4.98 Å². The van der Waals surface area contributed by atoms with Crippen LogP contribution in [-0.2, 0) is 0 Å². The molecular formula is C7H6BrCl2N. The van der Waals surface area contributed by atoms with E-state index in [2.05, 4.69) is 20.9 Å². The second kappa shape index (κ2) is 3.74. The maximum absolute atomic E-state index is 5.68. The van der Waals surface area contributed by atoms with Gasteiger partial charge in [-0.05, 0) is 28.4 Å². The summed E-state index contributed by atoms with van der Waals surface area (Å²) in [5, 5.41) is 0. The first-order valence-corrected chi connectivity index (χ1v) is 4.67. The number of aromatic nitrogens is 1. The van der Waals surface area contributed by atoms with Gasteiger partial charge >= 0.3 is 0 Å². The number of nitrogens with zero attached hydrogens (tertiary/aromatic N) is 1. The molecule has 0 saturated carbocycles. The van der Waals surface area contributed by atoms with Gasteiger partial charge in [0.1, 0.15) is 4.84 Å². The summed E-state index contributed by atoms with van der Waals surface area (Å²) in [5.74, 6) is 0. The maximum Gasteiger partial charge on any atom is 0.134 e. The van der Waals surface area contributed by atoms with E-state index in [4.69, 9.17) is 23.2 Å². The van der Waals surface area contributed by atoms with Crippen LogP contribution in [0, 0.1) is 6.92 Å². The Bertz CT molecular complexity index is 263. The van der Waals surface area contributed by atoms with E-state index in [9.17, 15) is 0 Å². The Morgan fingerprint density at radius 3 is 2.55 bits per heavy atom. The second-order valence-corrected chi connectivity index (χ2v) is 4.09. The molecule has 0 fully saturated rings. The van der Waals surface area contributed by atoms with Gasteiger partial charge in [0.15, 0.2) is 0 Å². The van der Waals surface area contributed by atoms with Crippen molar-refractivity contribution in [2.45, 2.75) is 11.8 Å². The van der Waals surface area contributed by atoms with Crippen LogP contribution in [0.1, 0.15) is 16.0 Å². The van der Waals surface area contributed by atoms with Crippen LogP contribution in [0.3, 0.4) is 0 Å². The molecule has 1 heterocycles. The third kappa shape index (κ3) is 2.08. The molecule has 1 nitrogen and oxygen atoms in total. The third-order valence-electron chi connectivity index (χ3n) is 1.43. The molecule has 0 aliphatic carbocycles. The summed E-state index contributed by atoms with van der Waals surface area (Å²) >= 11 is 14.7. The number of rotatable bonds is 1. The summed E-state index contributed by atoms with van der Waals surface area (Å²) in [7, 11) is 0. The Kier molecular flexibility index (Phi) is 3.16. The minimum absolute atomic E-state index is 0.500. The van der Waals surface area contributed by atoms with Crippen LogP contribution in [0.2, 0.25) is 0 Å². The summed E-state index contributed by atoms with van der Waals surface area (Å²) in [6, 6.07) is 0. The molecule has 60 valence electrons. The molecule has 0 spiro atoms. The molecular weight excluding hydrogens is 249 g/mol. The Hall–Kier alpha value is 0.210. The maximum atomic E-state index is 5.68. The van der Waals surface area contributed by atoms with Crippen LogP contribution in [0.15, 0.2) is 16.9 Å².